The third-order valence-electron chi connectivity index (χ3n) is 3.55. The highest BCUT2D eigenvalue weighted by Gasteiger charge is 2.20. The van der Waals surface area contributed by atoms with E-state index in [1.807, 2.05) is 48.5 Å². The Morgan fingerprint density at radius 3 is 2.47 bits per heavy atom. The Hall–Kier alpha value is -2.61. The average Bonchev–Trinajstić information content (AvgIpc) is 2.78. The monoisotopic (exact) mass is 246 g/mol. The van der Waals surface area contributed by atoms with Crippen LogP contribution in [0.3, 0.4) is 0 Å². The number of fused-ring (bicyclic) bond motifs is 4. The number of aldehydes is 1. The van der Waals surface area contributed by atoms with E-state index in [-0.39, 0.29) is 0 Å². The molecule has 90 valence electrons. The van der Waals surface area contributed by atoms with E-state index < -0.39 is 0 Å². The minimum absolute atomic E-state index is 0.636. The highest BCUT2D eigenvalue weighted by molar-refractivity contribution is 6.14. The van der Waals surface area contributed by atoms with Gasteiger partial charge in [0.25, 0.3) is 0 Å². The minimum Gasteiger partial charge on any atom is -0.455 e. The van der Waals surface area contributed by atoms with Crippen molar-refractivity contribution in [1.29, 1.82) is 0 Å². The van der Waals surface area contributed by atoms with Crippen LogP contribution in [-0.4, -0.2) is 6.29 Å². The zero-order valence-electron chi connectivity index (χ0n) is 10.1. The van der Waals surface area contributed by atoms with Crippen LogP contribution in [0.2, 0.25) is 0 Å². The number of hydrogen-bond acceptors (Lipinski definition) is 2. The van der Waals surface area contributed by atoms with E-state index in [0.717, 1.165) is 33.6 Å². The summed E-state index contributed by atoms with van der Waals surface area (Å²) in [5.74, 6) is 0.676. The van der Waals surface area contributed by atoms with Crippen LogP contribution in [0.5, 0.6) is 0 Å². The first kappa shape index (κ1) is 10.3. The number of hydrogen-bond donors (Lipinski definition) is 0. The van der Waals surface area contributed by atoms with Gasteiger partial charge >= 0.3 is 0 Å². The molecule has 2 aromatic rings. The molecule has 0 aromatic heterocycles. The van der Waals surface area contributed by atoms with Gasteiger partial charge in [-0.05, 0) is 22.9 Å². The van der Waals surface area contributed by atoms with Crippen LogP contribution in [0, 0.1) is 0 Å². The van der Waals surface area contributed by atoms with Gasteiger partial charge in [0.2, 0.25) is 0 Å². The fraction of sp³-hybridized carbons (Fsp3) is 0. The standard InChI is InChI=1S/C17H10O2/c18-10-15-13-7-3-2-6-12(13)14-9-11-5-1-4-8-16(11)19-17(14)15/h1-10H. The summed E-state index contributed by atoms with van der Waals surface area (Å²) in [6.07, 6.45) is 0.878. The Morgan fingerprint density at radius 2 is 1.63 bits per heavy atom. The summed E-state index contributed by atoms with van der Waals surface area (Å²) in [7, 11) is 0. The Labute approximate surface area is 109 Å². The molecule has 0 bridgehead atoms. The lowest BCUT2D eigenvalue weighted by Gasteiger charge is -2.03. The lowest BCUT2D eigenvalue weighted by atomic mass is 10.1. The van der Waals surface area contributed by atoms with Gasteiger partial charge in [0.15, 0.2) is 6.29 Å². The first-order valence-corrected chi connectivity index (χ1v) is 6.16. The summed E-state index contributed by atoms with van der Waals surface area (Å²) in [5.41, 5.74) is 2.43. The summed E-state index contributed by atoms with van der Waals surface area (Å²) in [5, 5.41) is 3.06. The Kier molecular flexibility index (Phi) is 2.00. The van der Waals surface area contributed by atoms with Crippen molar-refractivity contribution < 1.29 is 9.21 Å². The van der Waals surface area contributed by atoms with Gasteiger partial charge < -0.3 is 4.42 Å². The molecular formula is C17H10O2. The largest absolute Gasteiger partial charge is 0.455 e. The van der Waals surface area contributed by atoms with E-state index in [9.17, 15) is 4.79 Å². The van der Waals surface area contributed by atoms with E-state index in [0.29, 0.717) is 11.3 Å². The maximum absolute atomic E-state index is 11.4. The minimum atomic E-state index is 0.636. The molecule has 0 atom stereocenters. The van der Waals surface area contributed by atoms with Gasteiger partial charge in [-0.2, -0.15) is 0 Å². The first-order chi connectivity index (χ1) is 9.38. The topological polar surface area (TPSA) is 30.2 Å². The smallest absolute Gasteiger partial charge is 0.154 e. The van der Waals surface area contributed by atoms with Crippen LogP contribution < -0.4 is 0 Å². The van der Waals surface area contributed by atoms with Crippen molar-refractivity contribution in [3.8, 4) is 11.3 Å². The quantitative estimate of drug-likeness (QED) is 0.463. The molecule has 0 saturated carbocycles. The van der Waals surface area contributed by atoms with Gasteiger partial charge in [0, 0.05) is 10.9 Å². The third kappa shape index (κ3) is 1.34. The molecule has 1 heterocycles. The van der Waals surface area contributed by atoms with Crippen molar-refractivity contribution in [3.05, 3.63) is 60.2 Å². The predicted octanol–water partition coefficient (Wildman–Crippen LogP) is 4.50. The van der Waals surface area contributed by atoms with E-state index >= 15 is 0 Å². The van der Waals surface area contributed by atoms with Crippen LogP contribution in [0.1, 0.15) is 10.4 Å². The van der Waals surface area contributed by atoms with Crippen molar-refractivity contribution in [3.63, 3.8) is 0 Å². The van der Waals surface area contributed by atoms with Crippen molar-refractivity contribution in [1.82, 2.24) is 0 Å². The maximum Gasteiger partial charge on any atom is 0.154 e. The molecule has 0 spiro atoms. The number of para-hydroxylation sites is 1. The summed E-state index contributed by atoms with van der Waals surface area (Å²) in [6, 6.07) is 17.8. The number of carbonyl (C=O) groups is 1. The molecule has 1 aliphatic heterocycles. The molecule has 2 aliphatic rings. The highest BCUT2D eigenvalue weighted by atomic mass is 16.3. The van der Waals surface area contributed by atoms with E-state index in [2.05, 4.69) is 6.07 Å². The summed E-state index contributed by atoms with van der Waals surface area (Å²) in [6.45, 7) is 0. The first-order valence-electron chi connectivity index (χ1n) is 6.16. The number of benzene rings is 2. The van der Waals surface area contributed by atoms with Gasteiger partial charge in [0.05, 0.1) is 5.56 Å². The Balaban J connectivity index is 2.29. The third-order valence-corrected chi connectivity index (χ3v) is 3.55. The zero-order chi connectivity index (χ0) is 12.8. The summed E-state index contributed by atoms with van der Waals surface area (Å²) in [4.78, 5) is 11.4. The predicted molar refractivity (Wildman–Crippen MR) is 75.7 cm³/mol. The molecule has 0 N–H and O–H groups in total. The van der Waals surface area contributed by atoms with Gasteiger partial charge in [-0.1, -0.05) is 42.5 Å². The molecule has 1 aliphatic carbocycles. The average molecular weight is 246 g/mol. The van der Waals surface area contributed by atoms with Gasteiger partial charge in [-0.25, -0.2) is 0 Å². The van der Waals surface area contributed by atoms with Crippen molar-refractivity contribution in [2.45, 2.75) is 0 Å². The lowest BCUT2D eigenvalue weighted by molar-refractivity contribution is 0.112. The molecule has 19 heavy (non-hydrogen) atoms. The summed E-state index contributed by atoms with van der Waals surface area (Å²) >= 11 is 0. The fourth-order valence-corrected chi connectivity index (χ4v) is 2.67. The highest BCUT2D eigenvalue weighted by Crippen LogP contribution is 2.40. The van der Waals surface area contributed by atoms with Gasteiger partial charge in [0.1, 0.15) is 11.3 Å². The molecule has 0 amide bonds. The SMILES string of the molecule is O=Cc1c2oc3ccccc3cc-2c2ccccc12. The second-order valence-corrected chi connectivity index (χ2v) is 4.60. The lowest BCUT2D eigenvalue weighted by Crippen LogP contribution is -1.82. The van der Waals surface area contributed by atoms with Crippen molar-refractivity contribution in [2.75, 3.05) is 0 Å². The Morgan fingerprint density at radius 1 is 0.895 bits per heavy atom. The second kappa shape index (κ2) is 3.69. The maximum atomic E-state index is 11.4. The second-order valence-electron chi connectivity index (χ2n) is 4.60. The molecule has 0 unspecified atom stereocenters. The molecule has 2 heteroatoms. The Bertz CT molecular complexity index is 886. The van der Waals surface area contributed by atoms with E-state index in [1.54, 1.807) is 0 Å². The fourth-order valence-electron chi connectivity index (χ4n) is 2.67. The van der Waals surface area contributed by atoms with Crippen LogP contribution in [0.4, 0.5) is 0 Å². The van der Waals surface area contributed by atoms with E-state index in [4.69, 9.17) is 4.42 Å². The molecule has 0 saturated heterocycles. The van der Waals surface area contributed by atoms with Crippen LogP contribution in [0.15, 0.2) is 59.0 Å². The summed E-state index contributed by atoms with van der Waals surface area (Å²) < 4.78 is 5.92. The normalized spacial score (nSPS) is 11.4. The molecule has 4 rings (SSSR count). The van der Waals surface area contributed by atoms with Crippen LogP contribution in [-0.2, 0) is 0 Å². The van der Waals surface area contributed by atoms with Crippen molar-refractivity contribution >= 4 is 28.0 Å². The molecule has 0 fully saturated rings. The van der Waals surface area contributed by atoms with E-state index in [1.165, 1.54) is 0 Å². The molecule has 0 radical (unpaired) electrons. The number of carbonyl (C=O) groups excluding carboxylic acids is 1. The van der Waals surface area contributed by atoms with Gasteiger partial charge in [-0.15, -0.1) is 0 Å². The molecular weight excluding hydrogens is 236 g/mol. The van der Waals surface area contributed by atoms with Crippen LogP contribution >= 0.6 is 0 Å². The zero-order valence-corrected chi connectivity index (χ0v) is 10.1. The van der Waals surface area contributed by atoms with Crippen LogP contribution in [0.25, 0.3) is 33.1 Å². The van der Waals surface area contributed by atoms with Crippen molar-refractivity contribution in [2.24, 2.45) is 0 Å². The van der Waals surface area contributed by atoms with Gasteiger partial charge in [-0.3, -0.25) is 4.79 Å². The molecule has 2 nitrogen and oxygen atoms in total. The molecule has 2 aromatic carbocycles. The number of rotatable bonds is 1.